The highest BCUT2D eigenvalue weighted by Crippen LogP contribution is 2.26. The van der Waals surface area contributed by atoms with Gasteiger partial charge in [-0.3, -0.25) is 38.9 Å². The summed E-state index contributed by atoms with van der Waals surface area (Å²) in [4.78, 5) is 46.6. The lowest BCUT2D eigenvalue weighted by atomic mass is 10.2. The Morgan fingerprint density at radius 3 is 1.69 bits per heavy atom. The van der Waals surface area contributed by atoms with Gasteiger partial charge in [0.2, 0.25) is 11.8 Å². The van der Waals surface area contributed by atoms with Gasteiger partial charge < -0.3 is 19.3 Å². The topological polar surface area (TPSA) is 195 Å². The molecule has 18 heteroatoms. The molecule has 0 aliphatic carbocycles. The van der Waals surface area contributed by atoms with Crippen molar-refractivity contribution in [1.29, 1.82) is 0 Å². The number of methoxy groups -OCH3 is 2. The Morgan fingerprint density at radius 1 is 0.704 bits per heavy atom. The number of aromatic hydroxyl groups is 1. The van der Waals surface area contributed by atoms with E-state index < -0.39 is 0 Å². The summed E-state index contributed by atoms with van der Waals surface area (Å²) in [6, 6.07) is 7.17. The highest BCUT2D eigenvalue weighted by molar-refractivity contribution is 6.17. The van der Waals surface area contributed by atoms with Crippen LogP contribution in [-0.4, -0.2) is 81.4 Å². The average Bonchev–Trinajstić information content (AvgIpc) is 3.89. The molecule has 54 heavy (non-hydrogen) atoms. The van der Waals surface area contributed by atoms with Crippen molar-refractivity contribution in [2.24, 2.45) is 0 Å². The molecule has 0 aliphatic heterocycles. The van der Waals surface area contributed by atoms with Gasteiger partial charge >= 0.3 is 0 Å². The van der Waals surface area contributed by atoms with Crippen LogP contribution in [0.2, 0.25) is 0 Å². The van der Waals surface area contributed by atoms with E-state index in [1.54, 1.807) is 37.2 Å². The first-order valence-electron chi connectivity index (χ1n) is 16.2. The Morgan fingerprint density at radius 2 is 1.19 bits per heavy atom. The van der Waals surface area contributed by atoms with Crippen molar-refractivity contribution in [2.75, 3.05) is 14.2 Å². The van der Waals surface area contributed by atoms with Gasteiger partial charge in [-0.2, -0.15) is 10.2 Å². The zero-order valence-corrected chi connectivity index (χ0v) is 32.0. The Balaban J connectivity index is 0.000000238. The number of pyridine rings is 2. The highest BCUT2D eigenvalue weighted by Gasteiger charge is 2.16. The quantitative estimate of drug-likeness (QED) is 0.106. The molecule has 1 N–H and O–H groups in total. The van der Waals surface area contributed by atoms with Crippen LogP contribution in [0.1, 0.15) is 71.9 Å². The largest absolute Gasteiger partial charge is 0.506 e. The molecule has 6 heterocycles. The fourth-order valence-electron chi connectivity index (χ4n) is 4.75. The molecular formula is C36H40Cl2N10O6. The summed E-state index contributed by atoms with van der Waals surface area (Å²) in [5.41, 5.74) is 5.27. The number of rotatable bonds is 12. The van der Waals surface area contributed by atoms with Crippen molar-refractivity contribution in [3.63, 3.8) is 0 Å². The number of hydrogen-bond donors (Lipinski definition) is 1. The predicted octanol–water partition coefficient (Wildman–Crippen LogP) is 6.41. The van der Waals surface area contributed by atoms with E-state index in [2.05, 4.69) is 53.9 Å². The number of halogens is 2. The summed E-state index contributed by atoms with van der Waals surface area (Å²) in [5.74, 6) is 1.23. The highest BCUT2D eigenvalue weighted by atomic mass is 35.5. The second-order valence-electron chi connectivity index (χ2n) is 11.4. The first-order valence-corrected chi connectivity index (χ1v) is 16.7. The minimum atomic E-state index is -0.138. The lowest BCUT2D eigenvalue weighted by Gasteiger charge is -2.14. The van der Waals surface area contributed by atoms with Crippen LogP contribution in [0.25, 0.3) is 22.8 Å². The fourth-order valence-corrected chi connectivity index (χ4v) is 4.95. The Labute approximate surface area is 323 Å². The summed E-state index contributed by atoms with van der Waals surface area (Å²) >= 11 is 5.85. The molecule has 0 unspecified atom stereocenters. The molecule has 0 radical (unpaired) electrons. The molecule has 0 fully saturated rings. The van der Waals surface area contributed by atoms with Gasteiger partial charge in [-0.25, -0.2) is 9.97 Å². The SMILES string of the molecule is CC(C)n1nccc1-c1nccnc1CCl.COc1cc(C=O)c(O)cn1.COc1cc(C=O)c(OCc2nccnc2-c2ccnn2C(C)C)cn1.Cl. The standard InChI is InChI=1S/C18H19N5O3.C11H13ClN4.C7H7NO3.ClH/c1-12(2)23-15(4-5-22-23)18-14(19-6-7-20-18)11-26-16-9-21-17(25-3)8-13(16)10-24;1-8(2)16-10(3-4-15-16)11-9(7-12)13-5-6-14-11;1-11-7-2-5(4-9)6(10)3-8-7;/h4-10,12H,11H2,1-3H3;3-6,8H,7H2,1-2H3;2-4,10H,1H3;1H. The summed E-state index contributed by atoms with van der Waals surface area (Å²) in [6.07, 6.45) is 13.9. The predicted molar refractivity (Wildman–Crippen MR) is 202 cm³/mol. The van der Waals surface area contributed by atoms with Gasteiger partial charge in [0, 0.05) is 61.4 Å². The van der Waals surface area contributed by atoms with Crippen LogP contribution < -0.4 is 14.2 Å². The van der Waals surface area contributed by atoms with Crippen LogP contribution in [0.3, 0.4) is 0 Å². The Bertz CT molecular complexity index is 2110. The minimum Gasteiger partial charge on any atom is -0.506 e. The molecule has 0 aromatic carbocycles. The van der Waals surface area contributed by atoms with Crippen molar-refractivity contribution in [2.45, 2.75) is 52.3 Å². The number of aldehydes is 2. The molecule has 16 nitrogen and oxygen atoms in total. The van der Waals surface area contributed by atoms with Crippen LogP contribution in [0.15, 0.2) is 73.8 Å². The Hall–Kier alpha value is -6.00. The van der Waals surface area contributed by atoms with E-state index in [-0.39, 0.29) is 42.4 Å². The first kappa shape index (κ1) is 42.4. The summed E-state index contributed by atoms with van der Waals surface area (Å²) in [6.45, 7) is 8.38. The fraction of sp³-hybridized carbons (Fsp3) is 0.278. The third-order valence-electron chi connectivity index (χ3n) is 7.28. The number of carbonyl (C=O) groups excluding carboxylic acids is 2. The van der Waals surface area contributed by atoms with E-state index in [9.17, 15) is 9.59 Å². The first-order chi connectivity index (χ1) is 25.6. The molecule has 0 bridgehead atoms. The van der Waals surface area contributed by atoms with Crippen LogP contribution >= 0.6 is 24.0 Å². The van der Waals surface area contributed by atoms with Crippen molar-refractivity contribution in [1.82, 2.24) is 49.5 Å². The molecule has 0 aliphatic rings. The van der Waals surface area contributed by atoms with Crippen LogP contribution in [-0.2, 0) is 12.5 Å². The molecule has 6 rings (SSSR count). The maximum atomic E-state index is 11.3. The zero-order chi connectivity index (χ0) is 38.3. The van der Waals surface area contributed by atoms with E-state index in [0.717, 1.165) is 22.8 Å². The van der Waals surface area contributed by atoms with Gasteiger partial charge in [-0.15, -0.1) is 24.0 Å². The zero-order valence-electron chi connectivity index (χ0n) is 30.4. The monoisotopic (exact) mass is 778 g/mol. The van der Waals surface area contributed by atoms with E-state index in [4.69, 9.17) is 30.9 Å². The average molecular weight is 780 g/mol. The molecule has 6 aromatic heterocycles. The van der Waals surface area contributed by atoms with Gasteiger partial charge in [0.25, 0.3) is 0 Å². The van der Waals surface area contributed by atoms with E-state index in [1.165, 1.54) is 38.7 Å². The maximum Gasteiger partial charge on any atom is 0.213 e. The van der Waals surface area contributed by atoms with Crippen molar-refractivity contribution in [3.8, 4) is 46.0 Å². The van der Waals surface area contributed by atoms with Gasteiger partial charge in [0.05, 0.1) is 60.7 Å². The molecule has 0 saturated heterocycles. The van der Waals surface area contributed by atoms with Crippen molar-refractivity contribution < 1.29 is 28.9 Å². The third-order valence-corrected chi connectivity index (χ3v) is 7.53. The minimum absolute atomic E-state index is 0. The second kappa shape index (κ2) is 20.9. The molecule has 6 aromatic rings. The molecule has 0 saturated carbocycles. The van der Waals surface area contributed by atoms with Crippen LogP contribution in [0.5, 0.6) is 23.3 Å². The number of alkyl halides is 1. The normalized spacial score (nSPS) is 10.3. The molecule has 0 spiro atoms. The molecular weight excluding hydrogens is 739 g/mol. The van der Waals surface area contributed by atoms with Crippen molar-refractivity contribution in [3.05, 3.63) is 96.4 Å². The summed E-state index contributed by atoms with van der Waals surface area (Å²) in [7, 11) is 2.93. The smallest absolute Gasteiger partial charge is 0.213 e. The Kier molecular flexibility index (Phi) is 16.4. The van der Waals surface area contributed by atoms with Gasteiger partial charge in [-0.05, 0) is 39.8 Å². The third kappa shape index (κ3) is 10.8. The van der Waals surface area contributed by atoms with Gasteiger partial charge in [0.15, 0.2) is 12.6 Å². The number of aromatic nitrogens is 10. The van der Waals surface area contributed by atoms with Gasteiger partial charge in [0.1, 0.15) is 35.2 Å². The lowest BCUT2D eigenvalue weighted by Crippen LogP contribution is -2.09. The summed E-state index contributed by atoms with van der Waals surface area (Å²) < 4.78 is 19.3. The second-order valence-corrected chi connectivity index (χ2v) is 11.7. The lowest BCUT2D eigenvalue weighted by molar-refractivity contribution is 0.111. The van der Waals surface area contributed by atoms with E-state index in [1.807, 2.05) is 35.3 Å². The van der Waals surface area contributed by atoms with Crippen LogP contribution in [0.4, 0.5) is 0 Å². The van der Waals surface area contributed by atoms with E-state index >= 15 is 0 Å². The number of ether oxygens (including phenoxy) is 3. The van der Waals surface area contributed by atoms with E-state index in [0.29, 0.717) is 52.9 Å². The number of carbonyl (C=O) groups is 2. The van der Waals surface area contributed by atoms with Gasteiger partial charge in [-0.1, -0.05) is 0 Å². The maximum absolute atomic E-state index is 11.3. The molecule has 284 valence electrons. The van der Waals surface area contributed by atoms with Crippen molar-refractivity contribution >= 4 is 36.6 Å². The number of hydrogen-bond acceptors (Lipinski definition) is 14. The van der Waals surface area contributed by atoms with Crippen LogP contribution in [0, 0.1) is 0 Å². The summed E-state index contributed by atoms with van der Waals surface area (Å²) in [5, 5.41) is 17.6. The number of nitrogens with zero attached hydrogens (tertiary/aromatic N) is 10. The molecule has 0 atom stereocenters. The molecule has 0 amide bonds.